The Bertz CT molecular complexity index is 473. The zero-order chi connectivity index (χ0) is 14.5. The summed E-state index contributed by atoms with van der Waals surface area (Å²) >= 11 is 0. The molecule has 2 rings (SSSR count). The highest BCUT2D eigenvalue weighted by molar-refractivity contribution is 5.95. The van der Waals surface area contributed by atoms with Crippen LogP contribution in [0.5, 0.6) is 0 Å². The number of rotatable bonds is 3. The lowest BCUT2D eigenvalue weighted by molar-refractivity contribution is 0.0678. The summed E-state index contributed by atoms with van der Waals surface area (Å²) < 4.78 is 0. The van der Waals surface area contributed by atoms with Gasteiger partial charge in [0.05, 0.1) is 5.69 Å². The van der Waals surface area contributed by atoms with E-state index in [4.69, 9.17) is 5.84 Å². The number of nitrogens with one attached hydrogen (secondary N) is 1. The second-order valence-corrected chi connectivity index (χ2v) is 5.58. The van der Waals surface area contributed by atoms with Crippen molar-refractivity contribution in [2.75, 3.05) is 12.0 Å². The van der Waals surface area contributed by atoms with Crippen molar-refractivity contribution in [1.82, 2.24) is 4.90 Å². The van der Waals surface area contributed by atoms with E-state index in [1.54, 1.807) is 0 Å². The number of aryl methyl sites for hydroxylation is 1. The van der Waals surface area contributed by atoms with Gasteiger partial charge in [0.2, 0.25) is 0 Å². The smallest absolute Gasteiger partial charge is 0.254 e. The highest BCUT2D eigenvalue weighted by atomic mass is 16.2. The Hall–Kier alpha value is -1.55. The summed E-state index contributed by atoms with van der Waals surface area (Å²) in [7, 11) is 0. The molecule has 1 aromatic rings. The van der Waals surface area contributed by atoms with Gasteiger partial charge in [-0.1, -0.05) is 19.8 Å². The first kappa shape index (κ1) is 14.9. The number of likely N-dealkylation sites (tertiary alicyclic amines) is 1. The van der Waals surface area contributed by atoms with E-state index in [9.17, 15) is 4.79 Å². The first-order chi connectivity index (χ1) is 9.67. The Morgan fingerprint density at radius 3 is 2.85 bits per heavy atom. The molecule has 1 unspecified atom stereocenters. The number of nitrogens with two attached hydrogens (primary N) is 1. The van der Waals surface area contributed by atoms with Crippen LogP contribution in [-0.2, 0) is 0 Å². The van der Waals surface area contributed by atoms with Crippen LogP contribution in [0.25, 0.3) is 0 Å². The van der Waals surface area contributed by atoms with Gasteiger partial charge in [-0.15, -0.1) is 0 Å². The third kappa shape index (κ3) is 3.12. The fourth-order valence-corrected chi connectivity index (χ4v) is 2.99. The van der Waals surface area contributed by atoms with E-state index in [0.717, 1.165) is 42.6 Å². The average molecular weight is 275 g/mol. The van der Waals surface area contributed by atoms with Crippen molar-refractivity contribution in [2.45, 2.75) is 52.0 Å². The molecular weight excluding hydrogens is 250 g/mol. The predicted molar refractivity (Wildman–Crippen MR) is 82.6 cm³/mol. The standard InChI is InChI=1S/C16H25N3O/c1-3-14-7-5-4-6-10-19(14)16(20)13-8-9-15(18-17)12(2)11-13/h8-9,11,14,18H,3-7,10,17H2,1-2H3. The molecule has 1 atom stereocenters. The molecular formula is C16H25N3O. The molecule has 3 N–H and O–H groups in total. The van der Waals surface area contributed by atoms with Crippen LogP contribution in [0.3, 0.4) is 0 Å². The summed E-state index contributed by atoms with van der Waals surface area (Å²) in [4.78, 5) is 14.8. The number of hydrazine groups is 1. The summed E-state index contributed by atoms with van der Waals surface area (Å²) in [5.41, 5.74) is 5.28. The summed E-state index contributed by atoms with van der Waals surface area (Å²) in [6, 6.07) is 6.05. The maximum atomic E-state index is 12.7. The molecule has 20 heavy (non-hydrogen) atoms. The lowest BCUT2D eigenvalue weighted by Gasteiger charge is -2.29. The molecule has 0 aromatic heterocycles. The Labute approximate surface area is 121 Å². The molecule has 1 aliphatic rings. The largest absolute Gasteiger partial charge is 0.336 e. The molecule has 1 aromatic carbocycles. The lowest BCUT2D eigenvalue weighted by Crippen LogP contribution is -2.39. The van der Waals surface area contributed by atoms with Gasteiger partial charge in [0.25, 0.3) is 5.91 Å². The van der Waals surface area contributed by atoms with Crippen LogP contribution < -0.4 is 11.3 Å². The van der Waals surface area contributed by atoms with E-state index in [2.05, 4.69) is 17.2 Å². The average Bonchev–Trinajstić information content (AvgIpc) is 2.71. The molecule has 1 amide bonds. The van der Waals surface area contributed by atoms with Crippen molar-refractivity contribution >= 4 is 11.6 Å². The second kappa shape index (κ2) is 6.75. The summed E-state index contributed by atoms with van der Waals surface area (Å²) in [6.07, 6.45) is 5.74. The Balaban J connectivity index is 2.22. The first-order valence-corrected chi connectivity index (χ1v) is 7.55. The zero-order valence-corrected chi connectivity index (χ0v) is 12.5. The number of benzene rings is 1. The normalized spacial score (nSPS) is 19.6. The molecule has 0 radical (unpaired) electrons. The van der Waals surface area contributed by atoms with Crippen molar-refractivity contribution < 1.29 is 4.79 Å². The Morgan fingerprint density at radius 1 is 1.40 bits per heavy atom. The number of anilines is 1. The van der Waals surface area contributed by atoms with Gasteiger partial charge in [0.15, 0.2) is 0 Å². The van der Waals surface area contributed by atoms with E-state index >= 15 is 0 Å². The monoisotopic (exact) mass is 275 g/mol. The maximum absolute atomic E-state index is 12.7. The molecule has 4 heteroatoms. The van der Waals surface area contributed by atoms with Crippen LogP contribution in [0, 0.1) is 6.92 Å². The molecule has 0 spiro atoms. The molecule has 1 saturated heterocycles. The fraction of sp³-hybridized carbons (Fsp3) is 0.562. The number of amides is 1. The molecule has 1 fully saturated rings. The van der Waals surface area contributed by atoms with Gasteiger partial charge < -0.3 is 10.3 Å². The van der Waals surface area contributed by atoms with E-state index in [1.807, 2.05) is 25.1 Å². The van der Waals surface area contributed by atoms with Crippen molar-refractivity contribution in [3.63, 3.8) is 0 Å². The van der Waals surface area contributed by atoms with Crippen molar-refractivity contribution in [3.8, 4) is 0 Å². The van der Waals surface area contributed by atoms with Crippen LogP contribution in [-0.4, -0.2) is 23.4 Å². The molecule has 0 bridgehead atoms. The number of carbonyl (C=O) groups is 1. The van der Waals surface area contributed by atoms with Gasteiger partial charge in [-0.25, -0.2) is 0 Å². The van der Waals surface area contributed by atoms with Crippen LogP contribution in [0.15, 0.2) is 18.2 Å². The minimum Gasteiger partial charge on any atom is -0.336 e. The topological polar surface area (TPSA) is 58.4 Å². The highest BCUT2D eigenvalue weighted by Crippen LogP contribution is 2.23. The van der Waals surface area contributed by atoms with Crippen molar-refractivity contribution in [1.29, 1.82) is 0 Å². The van der Waals surface area contributed by atoms with E-state index in [-0.39, 0.29) is 5.91 Å². The third-order valence-corrected chi connectivity index (χ3v) is 4.24. The third-order valence-electron chi connectivity index (χ3n) is 4.24. The van der Waals surface area contributed by atoms with E-state index < -0.39 is 0 Å². The molecule has 1 aliphatic heterocycles. The number of carbonyl (C=O) groups excluding carboxylic acids is 1. The summed E-state index contributed by atoms with van der Waals surface area (Å²) in [5.74, 6) is 5.60. The number of hydrogen-bond acceptors (Lipinski definition) is 3. The molecule has 1 heterocycles. The quantitative estimate of drug-likeness (QED) is 0.658. The molecule has 0 saturated carbocycles. The van der Waals surface area contributed by atoms with E-state index in [0.29, 0.717) is 6.04 Å². The number of nitrogen functional groups attached to an aromatic ring is 1. The van der Waals surface area contributed by atoms with E-state index in [1.165, 1.54) is 12.8 Å². The number of nitrogens with zero attached hydrogens (tertiary/aromatic N) is 1. The minimum absolute atomic E-state index is 0.158. The SMILES string of the molecule is CCC1CCCCCN1C(=O)c1ccc(NN)c(C)c1. The van der Waals surface area contributed by atoms with Crippen molar-refractivity contribution in [3.05, 3.63) is 29.3 Å². The van der Waals surface area contributed by atoms with Crippen LogP contribution in [0.1, 0.15) is 54.9 Å². The zero-order valence-electron chi connectivity index (χ0n) is 12.5. The van der Waals surface area contributed by atoms with Crippen molar-refractivity contribution in [2.24, 2.45) is 5.84 Å². The van der Waals surface area contributed by atoms with Crippen LogP contribution in [0.4, 0.5) is 5.69 Å². The summed E-state index contributed by atoms with van der Waals surface area (Å²) in [5, 5.41) is 0. The molecule has 4 nitrogen and oxygen atoms in total. The van der Waals surface area contributed by atoms with Gasteiger partial charge in [0, 0.05) is 18.2 Å². The molecule has 110 valence electrons. The van der Waals surface area contributed by atoms with Gasteiger partial charge in [-0.05, 0) is 49.9 Å². The van der Waals surface area contributed by atoms with Gasteiger partial charge in [-0.3, -0.25) is 10.6 Å². The molecule has 0 aliphatic carbocycles. The number of hydrogen-bond donors (Lipinski definition) is 2. The van der Waals surface area contributed by atoms with Crippen LogP contribution >= 0.6 is 0 Å². The van der Waals surface area contributed by atoms with Gasteiger partial charge in [-0.2, -0.15) is 0 Å². The van der Waals surface area contributed by atoms with Gasteiger partial charge >= 0.3 is 0 Å². The first-order valence-electron chi connectivity index (χ1n) is 7.55. The Kier molecular flexibility index (Phi) is 5.01. The maximum Gasteiger partial charge on any atom is 0.254 e. The fourth-order valence-electron chi connectivity index (χ4n) is 2.99. The lowest BCUT2D eigenvalue weighted by atomic mass is 10.0. The summed E-state index contributed by atoms with van der Waals surface area (Å²) in [6.45, 7) is 5.02. The Morgan fingerprint density at radius 2 is 2.20 bits per heavy atom. The predicted octanol–water partition coefficient (Wildman–Crippen LogP) is 3.08. The second-order valence-electron chi connectivity index (χ2n) is 5.58. The highest BCUT2D eigenvalue weighted by Gasteiger charge is 2.25. The minimum atomic E-state index is 0.158. The van der Waals surface area contributed by atoms with Gasteiger partial charge in [0.1, 0.15) is 0 Å². The van der Waals surface area contributed by atoms with Crippen LogP contribution in [0.2, 0.25) is 0 Å².